The van der Waals surface area contributed by atoms with Gasteiger partial charge in [-0.15, -0.1) is 0 Å². The minimum Gasteiger partial charge on any atom is -0.322 e. The van der Waals surface area contributed by atoms with Crippen LogP contribution in [0, 0.1) is 0 Å². The van der Waals surface area contributed by atoms with E-state index in [1.807, 2.05) is 42.5 Å². The average molecular weight is 332 g/mol. The maximum absolute atomic E-state index is 12.3. The summed E-state index contributed by atoms with van der Waals surface area (Å²) in [6.45, 7) is 2.17. The first kappa shape index (κ1) is 14.8. The molecule has 2 aromatic carbocycles. The molecule has 1 amide bonds. The molecule has 1 N–H and O–H groups in total. The van der Waals surface area contributed by atoms with E-state index in [2.05, 4.69) is 34.2 Å². The number of anilines is 1. The molecule has 0 spiro atoms. The Morgan fingerprint density at radius 3 is 2.55 bits per heavy atom. The third-order valence-electron chi connectivity index (χ3n) is 3.18. The monoisotopic (exact) mass is 331 g/mol. The Labute approximate surface area is 128 Å². The molecule has 20 heavy (non-hydrogen) atoms. The molecule has 0 saturated carbocycles. The fourth-order valence-corrected chi connectivity index (χ4v) is 2.53. The average Bonchev–Trinajstić information content (AvgIpc) is 2.46. The molecule has 2 rings (SSSR count). The molecule has 0 bridgehead atoms. The number of carbonyl (C=O) groups is 1. The van der Waals surface area contributed by atoms with Crippen LogP contribution in [-0.4, -0.2) is 5.91 Å². The van der Waals surface area contributed by atoms with Gasteiger partial charge >= 0.3 is 0 Å². The SMILES string of the molecule is CCCCc1ccccc1NC(=O)c1ccccc1Br. The number of nitrogens with one attached hydrogen (secondary N) is 1. The van der Waals surface area contributed by atoms with Crippen molar-refractivity contribution in [2.45, 2.75) is 26.2 Å². The number of hydrogen-bond acceptors (Lipinski definition) is 1. The van der Waals surface area contributed by atoms with E-state index in [-0.39, 0.29) is 5.91 Å². The summed E-state index contributed by atoms with van der Waals surface area (Å²) in [5, 5.41) is 3.01. The number of halogens is 1. The molecule has 0 aliphatic heterocycles. The number of unbranched alkanes of at least 4 members (excludes halogenated alkanes) is 1. The fourth-order valence-electron chi connectivity index (χ4n) is 2.06. The Kier molecular flexibility index (Phi) is 5.36. The normalized spacial score (nSPS) is 10.3. The van der Waals surface area contributed by atoms with Crippen LogP contribution in [0.25, 0.3) is 0 Å². The minimum absolute atomic E-state index is 0.0820. The molecule has 0 atom stereocenters. The van der Waals surface area contributed by atoms with Crippen molar-refractivity contribution in [3.8, 4) is 0 Å². The lowest BCUT2D eigenvalue weighted by molar-refractivity contribution is 0.102. The molecule has 0 saturated heterocycles. The van der Waals surface area contributed by atoms with E-state index in [0.717, 1.165) is 29.4 Å². The van der Waals surface area contributed by atoms with Crippen LogP contribution in [0.2, 0.25) is 0 Å². The summed E-state index contributed by atoms with van der Waals surface area (Å²) < 4.78 is 0.809. The van der Waals surface area contributed by atoms with Crippen molar-refractivity contribution in [3.05, 3.63) is 64.1 Å². The molecule has 0 aromatic heterocycles. The first-order valence-electron chi connectivity index (χ1n) is 6.86. The van der Waals surface area contributed by atoms with E-state index in [0.29, 0.717) is 5.56 Å². The van der Waals surface area contributed by atoms with Crippen LogP contribution in [0.3, 0.4) is 0 Å². The number of hydrogen-bond donors (Lipinski definition) is 1. The van der Waals surface area contributed by atoms with Gasteiger partial charge in [0, 0.05) is 10.2 Å². The first-order valence-corrected chi connectivity index (χ1v) is 7.65. The second-order valence-corrected chi connectivity index (χ2v) is 5.55. The van der Waals surface area contributed by atoms with Crippen LogP contribution >= 0.6 is 15.9 Å². The zero-order chi connectivity index (χ0) is 14.4. The Balaban J connectivity index is 2.18. The van der Waals surface area contributed by atoms with Crippen molar-refractivity contribution in [2.75, 3.05) is 5.32 Å². The molecule has 0 aliphatic carbocycles. The highest BCUT2D eigenvalue weighted by molar-refractivity contribution is 9.10. The molecule has 0 radical (unpaired) electrons. The molecule has 2 aromatic rings. The lowest BCUT2D eigenvalue weighted by Crippen LogP contribution is -2.13. The molecule has 2 nitrogen and oxygen atoms in total. The van der Waals surface area contributed by atoms with Crippen molar-refractivity contribution in [3.63, 3.8) is 0 Å². The van der Waals surface area contributed by atoms with Gasteiger partial charge in [0.2, 0.25) is 0 Å². The lowest BCUT2D eigenvalue weighted by Gasteiger charge is -2.11. The number of aryl methyl sites for hydroxylation is 1. The second-order valence-electron chi connectivity index (χ2n) is 4.69. The van der Waals surface area contributed by atoms with Gasteiger partial charge in [-0.25, -0.2) is 0 Å². The smallest absolute Gasteiger partial charge is 0.256 e. The summed E-state index contributed by atoms with van der Waals surface area (Å²) in [4.78, 5) is 12.3. The third kappa shape index (κ3) is 3.70. The number of rotatable bonds is 5. The zero-order valence-electron chi connectivity index (χ0n) is 11.5. The standard InChI is InChI=1S/C17H18BrNO/c1-2-3-8-13-9-4-7-12-16(13)19-17(20)14-10-5-6-11-15(14)18/h4-7,9-12H,2-3,8H2,1H3,(H,19,20). The topological polar surface area (TPSA) is 29.1 Å². The summed E-state index contributed by atoms with van der Waals surface area (Å²) in [6, 6.07) is 15.4. The number of para-hydroxylation sites is 1. The Hall–Kier alpha value is -1.61. The maximum atomic E-state index is 12.3. The van der Waals surface area contributed by atoms with Crippen LogP contribution in [-0.2, 0) is 6.42 Å². The molecule has 104 valence electrons. The number of benzene rings is 2. The van der Waals surface area contributed by atoms with Gasteiger partial charge in [0.15, 0.2) is 0 Å². The predicted molar refractivity (Wildman–Crippen MR) is 87.1 cm³/mol. The van der Waals surface area contributed by atoms with Gasteiger partial charge in [-0.1, -0.05) is 43.7 Å². The highest BCUT2D eigenvalue weighted by Crippen LogP contribution is 2.21. The second kappa shape index (κ2) is 7.25. The van der Waals surface area contributed by atoms with E-state index >= 15 is 0 Å². The number of amides is 1. The summed E-state index contributed by atoms with van der Waals surface area (Å²) in [5.41, 5.74) is 2.74. The predicted octanol–water partition coefficient (Wildman–Crippen LogP) is 5.04. The van der Waals surface area contributed by atoms with E-state index in [9.17, 15) is 4.79 Å². The van der Waals surface area contributed by atoms with Gasteiger partial charge in [0.05, 0.1) is 5.56 Å². The Morgan fingerprint density at radius 1 is 1.10 bits per heavy atom. The van der Waals surface area contributed by atoms with Crippen LogP contribution in [0.15, 0.2) is 53.0 Å². The van der Waals surface area contributed by atoms with Crippen molar-refractivity contribution in [1.82, 2.24) is 0 Å². The highest BCUT2D eigenvalue weighted by Gasteiger charge is 2.11. The van der Waals surface area contributed by atoms with Crippen LogP contribution < -0.4 is 5.32 Å². The van der Waals surface area contributed by atoms with Gasteiger partial charge < -0.3 is 5.32 Å². The Morgan fingerprint density at radius 2 is 1.80 bits per heavy atom. The van der Waals surface area contributed by atoms with E-state index in [1.54, 1.807) is 0 Å². The summed E-state index contributed by atoms with van der Waals surface area (Å²) in [6.07, 6.45) is 3.26. The quantitative estimate of drug-likeness (QED) is 0.816. The van der Waals surface area contributed by atoms with Gasteiger partial charge in [0.1, 0.15) is 0 Å². The van der Waals surface area contributed by atoms with Gasteiger partial charge in [-0.3, -0.25) is 4.79 Å². The zero-order valence-corrected chi connectivity index (χ0v) is 13.1. The third-order valence-corrected chi connectivity index (χ3v) is 3.88. The van der Waals surface area contributed by atoms with Crippen molar-refractivity contribution >= 4 is 27.5 Å². The van der Waals surface area contributed by atoms with Crippen LogP contribution in [0.4, 0.5) is 5.69 Å². The van der Waals surface area contributed by atoms with E-state index in [4.69, 9.17) is 0 Å². The molecular weight excluding hydrogens is 314 g/mol. The van der Waals surface area contributed by atoms with Crippen LogP contribution in [0.1, 0.15) is 35.7 Å². The molecule has 3 heteroatoms. The van der Waals surface area contributed by atoms with E-state index < -0.39 is 0 Å². The molecular formula is C17H18BrNO. The molecule has 0 fully saturated rings. The summed E-state index contributed by atoms with van der Waals surface area (Å²) in [5.74, 6) is -0.0820. The van der Waals surface area contributed by atoms with Crippen molar-refractivity contribution in [1.29, 1.82) is 0 Å². The maximum Gasteiger partial charge on any atom is 0.256 e. The fraction of sp³-hybridized carbons (Fsp3) is 0.235. The van der Waals surface area contributed by atoms with Crippen LogP contribution in [0.5, 0.6) is 0 Å². The largest absolute Gasteiger partial charge is 0.322 e. The van der Waals surface area contributed by atoms with E-state index in [1.165, 1.54) is 5.56 Å². The molecule has 0 aliphatic rings. The molecule has 0 unspecified atom stereocenters. The summed E-state index contributed by atoms with van der Waals surface area (Å²) >= 11 is 3.41. The number of carbonyl (C=O) groups excluding carboxylic acids is 1. The summed E-state index contributed by atoms with van der Waals surface area (Å²) in [7, 11) is 0. The Bertz CT molecular complexity index is 595. The first-order chi connectivity index (χ1) is 9.72. The highest BCUT2D eigenvalue weighted by atomic mass is 79.9. The minimum atomic E-state index is -0.0820. The van der Waals surface area contributed by atoms with Crippen molar-refractivity contribution < 1.29 is 4.79 Å². The van der Waals surface area contributed by atoms with Gasteiger partial charge in [-0.05, 0) is 52.5 Å². The van der Waals surface area contributed by atoms with Gasteiger partial charge in [0.25, 0.3) is 5.91 Å². The van der Waals surface area contributed by atoms with Gasteiger partial charge in [-0.2, -0.15) is 0 Å². The molecule has 0 heterocycles. The lowest BCUT2D eigenvalue weighted by atomic mass is 10.1. The van der Waals surface area contributed by atoms with Crippen molar-refractivity contribution in [2.24, 2.45) is 0 Å².